The summed E-state index contributed by atoms with van der Waals surface area (Å²) >= 11 is 5.68. The van der Waals surface area contributed by atoms with Crippen LogP contribution >= 0.6 is 11.6 Å². The first-order valence-corrected chi connectivity index (χ1v) is 4.90. The van der Waals surface area contributed by atoms with Gasteiger partial charge < -0.3 is 0 Å². The van der Waals surface area contributed by atoms with Crippen molar-refractivity contribution in [1.82, 2.24) is 9.97 Å². The van der Waals surface area contributed by atoms with Gasteiger partial charge in [-0.25, -0.2) is 18.7 Å². The van der Waals surface area contributed by atoms with E-state index in [1.165, 1.54) is 6.07 Å². The average molecular weight is 241 g/mol. The zero-order chi connectivity index (χ0) is 11.7. The summed E-state index contributed by atoms with van der Waals surface area (Å²) in [6.45, 7) is 1.75. The maximum Gasteiger partial charge on any atom is 0.223 e. The zero-order valence-corrected chi connectivity index (χ0v) is 9.09. The first-order valence-electron chi connectivity index (χ1n) is 4.53. The van der Waals surface area contributed by atoms with Gasteiger partial charge in [0, 0.05) is 11.3 Å². The molecule has 0 aliphatic heterocycles. The lowest BCUT2D eigenvalue weighted by Crippen LogP contribution is -1.92. The van der Waals surface area contributed by atoms with Gasteiger partial charge in [0.25, 0.3) is 0 Å². The summed E-state index contributed by atoms with van der Waals surface area (Å²) in [5.74, 6) is -1.80. The number of aryl methyl sites for hydroxylation is 1. The first kappa shape index (κ1) is 11.0. The molecule has 0 bridgehead atoms. The summed E-state index contributed by atoms with van der Waals surface area (Å²) in [7, 11) is 0. The van der Waals surface area contributed by atoms with Crippen LogP contribution in [-0.2, 0) is 0 Å². The van der Waals surface area contributed by atoms with Gasteiger partial charge in [-0.3, -0.25) is 0 Å². The highest BCUT2D eigenvalue weighted by Crippen LogP contribution is 2.21. The third kappa shape index (κ3) is 2.17. The number of aromatic nitrogens is 2. The smallest absolute Gasteiger partial charge is 0.223 e. The highest BCUT2D eigenvalue weighted by atomic mass is 35.5. The molecule has 2 nitrogen and oxygen atoms in total. The summed E-state index contributed by atoms with van der Waals surface area (Å²) in [4.78, 5) is 7.83. The Morgan fingerprint density at radius 2 is 1.81 bits per heavy atom. The highest BCUT2D eigenvalue weighted by molar-refractivity contribution is 6.28. The zero-order valence-electron chi connectivity index (χ0n) is 8.34. The van der Waals surface area contributed by atoms with Crippen molar-refractivity contribution in [2.75, 3.05) is 0 Å². The van der Waals surface area contributed by atoms with E-state index in [0.717, 1.165) is 12.1 Å². The third-order valence-electron chi connectivity index (χ3n) is 2.04. The Balaban J connectivity index is 2.54. The predicted octanol–water partition coefficient (Wildman–Crippen LogP) is 3.38. The summed E-state index contributed by atoms with van der Waals surface area (Å²) < 4.78 is 25.8. The molecular formula is C11H7ClF2N2. The molecule has 0 radical (unpaired) electrons. The molecule has 0 aliphatic carbocycles. The SMILES string of the molecule is Cc1cc(-c2ccc(F)c(F)c2)nc(Cl)n1. The average Bonchev–Trinajstić information content (AvgIpc) is 2.20. The molecule has 0 fully saturated rings. The Labute approximate surface area is 95.9 Å². The second-order valence-electron chi connectivity index (χ2n) is 3.29. The molecule has 0 amide bonds. The van der Waals surface area contributed by atoms with E-state index in [9.17, 15) is 8.78 Å². The molecule has 82 valence electrons. The predicted molar refractivity (Wildman–Crippen MR) is 57.1 cm³/mol. The highest BCUT2D eigenvalue weighted by Gasteiger charge is 2.07. The van der Waals surface area contributed by atoms with Crippen LogP contribution in [0.4, 0.5) is 8.78 Å². The maximum absolute atomic E-state index is 13.0. The lowest BCUT2D eigenvalue weighted by Gasteiger charge is -2.03. The maximum atomic E-state index is 13.0. The molecule has 5 heteroatoms. The molecule has 1 aromatic carbocycles. The molecule has 16 heavy (non-hydrogen) atoms. The van der Waals surface area contributed by atoms with Crippen molar-refractivity contribution in [2.24, 2.45) is 0 Å². The third-order valence-corrected chi connectivity index (χ3v) is 2.21. The minimum absolute atomic E-state index is 0.0831. The Kier molecular flexibility index (Phi) is 2.83. The summed E-state index contributed by atoms with van der Waals surface area (Å²) in [5, 5.41) is 0.0831. The number of benzene rings is 1. The molecule has 2 aromatic rings. The van der Waals surface area contributed by atoms with Crippen molar-refractivity contribution >= 4 is 11.6 Å². The van der Waals surface area contributed by atoms with E-state index in [2.05, 4.69) is 9.97 Å². The molecule has 1 heterocycles. The van der Waals surface area contributed by atoms with Gasteiger partial charge >= 0.3 is 0 Å². The van der Waals surface area contributed by atoms with Crippen LogP contribution in [0.5, 0.6) is 0 Å². The van der Waals surface area contributed by atoms with Gasteiger partial charge in [0.1, 0.15) is 0 Å². The first-order chi connectivity index (χ1) is 7.56. The van der Waals surface area contributed by atoms with Gasteiger partial charge in [0.05, 0.1) is 5.69 Å². The van der Waals surface area contributed by atoms with Crippen LogP contribution in [-0.4, -0.2) is 9.97 Å². The van der Waals surface area contributed by atoms with Crippen LogP contribution < -0.4 is 0 Å². The van der Waals surface area contributed by atoms with Gasteiger partial charge in [-0.2, -0.15) is 0 Å². The summed E-state index contributed by atoms with van der Waals surface area (Å²) in [5.41, 5.74) is 1.60. The van der Waals surface area contributed by atoms with E-state index in [1.54, 1.807) is 13.0 Å². The van der Waals surface area contributed by atoms with Crippen LogP contribution in [0.25, 0.3) is 11.3 Å². The largest absolute Gasteiger partial charge is 0.223 e. The number of hydrogen-bond acceptors (Lipinski definition) is 2. The lowest BCUT2D eigenvalue weighted by atomic mass is 10.1. The van der Waals surface area contributed by atoms with E-state index < -0.39 is 11.6 Å². The molecule has 0 atom stereocenters. The quantitative estimate of drug-likeness (QED) is 0.714. The Bertz CT molecular complexity index is 523. The van der Waals surface area contributed by atoms with Crippen molar-refractivity contribution in [3.63, 3.8) is 0 Å². The molecular weight excluding hydrogens is 234 g/mol. The van der Waals surface area contributed by atoms with Crippen LogP contribution in [0.1, 0.15) is 5.69 Å². The molecule has 1 aromatic heterocycles. The molecule has 0 saturated carbocycles. The standard InChI is InChI=1S/C11H7ClF2N2/c1-6-4-10(16-11(12)15-6)7-2-3-8(13)9(14)5-7/h2-5H,1H3. The Hall–Kier alpha value is -1.55. The van der Waals surface area contributed by atoms with E-state index in [0.29, 0.717) is 17.0 Å². The van der Waals surface area contributed by atoms with Gasteiger partial charge in [-0.1, -0.05) is 0 Å². The van der Waals surface area contributed by atoms with Crippen molar-refractivity contribution < 1.29 is 8.78 Å². The Morgan fingerprint density at radius 1 is 1.06 bits per heavy atom. The van der Waals surface area contributed by atoms with Crippen LogP contribution in [0, 0.1) is 18.6 Å². The second kappa shape index (κ2) is 4.14. The van der Waals surface area contributed by atoms with Gasteiger partial charge in [0.15, 0.2) is 11.6 Å². The van der Waals surface area contributed by atoms with E-state index in [4.69, 9.17) is 11.6 Å². The fourth-order valence-electron chi connectivity index (χ4n) is 1.34. The van der Waals surface area contributed by atoms with Crippen molar-refractivity contribution in [3.05, 3.63) is 46.9 Å². The van der Waals surface area contributed by atoms with Crippen LogP contribution in [0.15, 0.2) is 24.3 Å². The molecule has 2 rings (SSSR count). The topological polar surface area (TPSA) is 25.8 Å². The number of hydrogen-bond donors (Lipinski definition) is 0. The minimum atomic E-state index is -0.912. The molecule has 0 spiro atoms. The lowest BCUT2D eigenvalue weighted by molar-refractivity contribution is 0.509. The number of rotatable bonds is 1. The van der Waals surface area contributed by atoms with Crippen molar-refractivity contribution in [3.8, 4) is 11.3 Å². The van der Waals surface area contributed by atoms with Gasteiger partial charge in [0.2, 0.25) is 5.28 Å². The second-order valence-corrected chi connectivity index (χ2v) is 3.63. The number of halogens is 3. The van der Waals surface area contributed by atoms with E-state index in [1.807, 2.05) is 0 Å². The van der Waals surface area contributed by atoms with Gasteiger partial charge in [-0.05, 0) is 42.8 Å². The van der Waals surface area contributed by atoms with Crippen LogP contribution in [0.2, 0.25) is 5.28 Å². The van der Waals surface area contributed by atoms with E-state index in [-0.39, 0.29) is 5.28 Å². The minimum Gasteiger partial charge on any atom is -0.223 e. The number of nitrogens with zero attached hydrogens (tertiary/aromatic N) is 2. The van der Waals surface area contributed by atoms with Crippen LogP contribution in [0.3, 0.4) is 0 Å². The Morgan fingerprint density at radius 3 is 2.44 bits per heavy atom. The monoisotopic (exact) mass is 240 g/mol. The normalized spacial score (nSPS) is 10.5. The fourth-order valence-corrected chi connectivity index (χ4v) is 1.56. The van der Waals surface area contributed by atoms with Crippen molar-refractivity contribution in [2.45, 2.75) is 6.92 Å². The molecule has 0 saturated heterocycles. The molecule has 0 unspecified atom stereocenters. The molecule has 0 N–H and O–H groups in total. The van der Waals surface area contributed by atoms with Crippen molar-refractivity contribution in [1.29, 1.82) is 0 Å². The summed E-state index contributed by atoms with van der Waals surface area (Å²) in [6.07, 6.45) is 0. The summed E-state index contributed by atoms with van der Waals surface area (Å²) in [6, 6.07) is 5.22. The van der Waals surface area contributed by atoms with Gasteiger partial charge in [-0.15, -0.1) is 0 Å². The van der Waals surface area contributed by atoms with E-state index >= 15 is 0 Å². The fraction of sp³-hybridized carbons (Fsp3) is 0.0909. The molecule has 0 aliphatic rings.